The van der Waals surface area contributed by atoms with Gasteiger partial charge >= 0.3 is 0 Å². The Morgan fingerprint density at radius 1 is 1.18 bits per heavy atom. The third kappa shape index (κ3) is 1.68. The Hall–Kier alpha value is -0.340. The van der Waals surface area contributed by atoms with Crippen molar-refractivity contribution in [3.63, 3.8) is 0 Å². The lowest BCUT2D eigenvalue weighted by Gasteiger charge is -2.32. The van der Waals surface area contributed by atoms with Crippen LogP contribution >= 0.6 is 11.3 Å². The highest BCUT2D eigenvalue weighted by atomic mass is 32.1. The van der Waals surface area contributed by atoms with Crippen LogP contribution in [0.4, 0.5) is 0 Å². The number of thiophene rings is 1. The van der Waals surface area contributed by atoms with E-state index in [4.69, 9.17) is 0 Å². The predicted molar refractivity (Wildman–Crippen MR) is 72.0 cm³/mol. The van der Waals surface area contributed by atoms with Crippen LogP contribution in [0.25, 0.3) is 0 Å². The van der Waals surface area contributed by atoms with Gasteiger partial charge in [0.25, 0.3) is 0 Å². The zero-order valence-corrected chi connectivity index (χ0v) is 11.1. The Kier molecular flexibility index (Phi) is 2.55. The van der Waals surface area contributed by atoms with Gasteiger partial charge in [0, 0.05) is 17.5 Å². The Balaban J connectivity index is 1.41. The highest BCUT2D eigenvalue weighted by Crippen LogP contribution is 2.58. The van der Waals surface area contributed by atoms with Crippen LogP contribution in [0, 0.1) is 23.7 Å². The van der Waals surface area contributed by atoms with E-state index in [1.54, 1.807) is 6.42 Å². The molecule has 0 spiro atoms. The van der Waals surface area contributed by atoms with E-state index >= 15 is 0 Å². The summed E-state index contributed by atoms with van der Waals surface area (Å²) in [5.41, 5.74) is 0. The van der Waals surface area contributed by atoms with Gasteiger partial charge in [-0.2, -0.15) is 0 Å². The highest BCUT2D eigenvalue weighted by molar-refractivity contribution is 7.09. The van der Waals surface area contributed by atoms with Crippen molar-refractivity contribution in [2.24, 2.45) is 23.7 Å². The number of nitrogens with one attached hydrogen (secondary N) is 1. The van der Waals surface area contributed by atoms with Gasteiger partial charge in [-0.3, -0.25) is 0 Å². The van der Waals surface area contributed by atoms with Gasteiger partial charge in [0.05, 0.1) is 0 Å². The van der Waals surface area contributed by atoms with Gasteiger partial charge in [0.2, 0.25) is 0 Å². The molecule has 2 heteroatoms. The lowest BCUT2D eigenvalue weighted by Crippen LogP contribution is -2.38. The van der Waals surface area contributed by atoms with Crippen molar-refractivity contribution in [1.82, 2.24) is 5.32 Å². The van der Waals surface area contributed by atoms with Crippen LogP contribution in [0.15, 0.2) is 17.5 Å². The van der Waals surface area contributed by atoms with Gasteiger partial charge in [-0.25, -0.2) is 0 Å². The van der Waals surface area contributed by atoms with E-state index in [-0.39, 0.29) is 0 Å². The molecule has 0 aromatic carbocycles. The number of hydrogen-bond acceptors (Lipinski definition) is 2. The second-order valence-electron chi connectivity index (χ2n) is 6.22. The Morgan fingerprint density at radius 3 is 3.00 bits per heavy atom. The minimum atomic E-state index is 0.835. The zero-order chi connectivity index (χ0) is 11.2. The van der Waals surface area contributed by atoms with Crippen LogP contribution in [-0.2, 0) is 6.54 Å². The first-order valence-corrected chi connectivity index (χ1v) is 8.05. The van der Waals surface area contributed by atoms with Crippen LogP contribution in [0.3, 0.4) is 0 Å². The molecule has 3 fully saturated rings. The number of fused-ring (bicyclic) bond motifs is 5. The van der Waals surface area contributed by atoms with Gasteiger partial charge in [0.15, 0.2) is 0 Å². The molecule has 1 nitrogen and oxygen atoms in total. The molecule has 5 unspecified atom stereocenters. The molecular weight excluding hydrogens is 226 g/mol. The van der Waals surface area contributed by atoms with E-state index in [2.05, 4.69) is 22.8 Å². The lowest BCUT2D eigenvalue weighted by molar-refractivity contribution is 0.208. The third-order valence-electron chi connectivity index (χ3n) is 5.55. The molecule has 3 aliphatic carbocycles. The molecular formula is C15H21NS. The maximum Gasteiger partial charge on any atom is 0.0302 e. The first-order valence-electron chi connectivity index (χ1n) is 7.17. The summed E-state index contributed by atoms with van der Waals surface area (Å²) in [6.07, 6.45) is 7.60. The normalized spacial score (nSPS) is 43.2. The van der Waals surface area contributed by atoms with Crippen molar-refractivity contribution in [3.8, 4) is 0 Å². The first-order chi connectivity index (χ1) is 8.42. The summed E-state index contributed by atoms with van der Waals surface area (Å²) in [6, 6.07) is 5.25. The van der Waals surface area contributed by atoms with Crippen LogP contribution < -0.4 is 5.32 Å². The summed E-state index contributed by atoms with van der Waals surface area (Å²) < 4.78 is 0. The van der Waals surface area contributed by atoms with Gasteiger partial charge < -0.3 is 5.32 Å². The molecule has 3 aliphatic rings. The quantitative estimate of drug-likeness (QED) is 0.859. The second kappa shape index (κ2) is 4.10. The topological polar surface area (TPSA) is 12.0 Å². The van der Waals surface area contributed by atoms with E-state index in [0.29, 0.717) is 0 Å². The van der Waals surface area contributed by atoms with Crippen molar-refractivity contribution in [2.45, 2.75) is 44.7 Å². The Bertz CT molecular complexity index is 386. The molecule has 0 aliphatic heterocycles. The standard InChI is InChI=1S/C15H21NS/c1-4-12-10-7-14(13(12)5-1)15(8-10)16-9-11-3-2-6-17-11/h2-3,6,10,12-16H,1,4-5,7-9H2. The largest absolute Gasteiger partial charge is 0.309 e. The molecule has 92 valence electrons. The Labute approximate surface area is 108 Å². The molecule has 3 saturated carbocycles. The highest BCUT2D eigenvalue weighted by Gasteiger charge is 2.53. The molecule has 17 heavy (non-hydrogen) atoms. The summed E-state index contributed by atoms with van der Waals surface area (Å²) in [4.78, 5) is 1.50. The SMILES string of the molecule is c1csc(CNC2CC3CC2C2CCCC32)c1. The second-order valence-corrected chi connectivity index (χ2v) is 7.25. The van der Waals surface area contributed by atoms with Crippen LogP contribution in [0.5, 0.6) is 0 Å². The van der Waals surface area contributed by atoms with Crippen LogP contribution in [-0.4, -0.2) is 6.04 Å². The van der Waals surface area contributed by atoms with Gasteiger partial charge in [-0.1, -0.05) is 12.5 Å². The Morgan fingerprint density at radius 2 is 2.12 bits per heavy atom. The minimum Gasteiger partial charge on any atom is -0.309 e. The summed E-state index contributed by atoms with van der Waals surface area (Å²) in [7, 11) is 0. The molecule has 5 atom stereocenters. The molecule has 4 rings (SSSR count). The van der Waals surface area contributed by atoms with Gasteiger partial charge in [-0.15, -0.1) is 11.3 Å². The maximum absolute atomic E-state index is 3.84. The summed E-state index contributed by atoms with van der Waals surface area (Å²) >= 11 is 1.88. The molecule has 1 N–H and O–H groups in total. The van der Waals surface area contributed by atoms with Crippen molar-refractivity contribution < 1.29 is 0 Å². The summed E-state index contributed by atoms with van der Waals surface area (Å²) in [6.45, 7) is 1.10. The van der Waals surface area contributed by atoms with E-state index in [9.17, 15) is 0 Å². The third-order valence-corrected chi connectivity index (χ3v) is 6.42. The van der Waals surface area contributed by atoms with Crippen LogP contribution in [0.2, 0.25) is 0 Å². The monoisotopic (exact) mass is 247 g/mol. The fraction of sp³-hybridized carbons (Fsp3) is 0.733. The summed E-state index contributed by atoms with van der Waals surface area (Å²) in [5.74, 6) is 4.31. The lowest BCUT2D eigenvalue weighted by atomic mass is 9.79. The zero-order valence-electron chi connectivity index (χ0n) is 10.3. The molecule has 0 radical (unpaired) electrons. The number of hydrogen-bond donors (Lipinski definition) is 1. The molecule has 1 aromatic heterocycles. The van der Waals surface area contributed by atoms with E-state index in [0.717, 1.165) is 36.3 Å². The molecule has 2 bridgehead atoms. The van der Waals surface area contributed by atoms with E-state index < -0.39 is 0 Å². The fourth-order valence-corrected chi connectivity index (χ4v) is 5.60. The van der Waals surface area contributed by atoms with Crippen molar-refractivity contribution in [3.05, 3.63) is 22.4 Å². The van der Waals surface area contributed by atoms with Crippen molar-refractivity contribution in [2.75, 3.05) is 0 Å². The van der Waals surface area contributed by atoms with Gasteiger partial charge in [0.1, 0.15) is 0 Å². The molecule has 0 amide bonds. The van der Waals surface area contributed by atoms with Crippen molar-refractivity contribution >= 4 is 11.3 Å². The van der Waals surface area contributed by atoms with Crippen molar-refractivity contribution in [1.29, 1.82) is 0 Å². The molecule has 0 saturated heterocycles. The predicted octanol–water partition coefficient (Wildman–Crippen LogP) is 3.66. The number of rotatable bonds is 3. The smallest absolute Gasteiger partial charge is 0.0302 e. The average molecular weight is 247 g/mol. The van der Waals surface area contributed by atoms with E-state index in [1.165, 1.54) is 30.6 Å². The average Bonchev–Trinajstić information content (AvgIpc) is 3.08. The fourth-order valence-electron chi connectivity index (χ4n) is 4.95. The maximum atomic E-state index is 3.84. The molecule has 1 heterocycles. The molecule has 1 aromatic rings. The first kappa shape index (κ1) is 10.6. The van der Waals surface area contributed by atoms with E-state index in [1.807, 2.05) is 11.3 Å². The van der Waals surface area contributed by atoms with Crippen LogP contribution in [0.1, 0.15) is 37.0 Å². The summed E-state index contributed by atoms with van der Waals surface area (Å²) in [5, 5.41) is 6.02. The minimum absolute atomic E-state index is 0.835. The van der Waals surface area contributed by atoms with Gasteiger partial charge in [-0.05, 0) is 60.8 Å².